The number of piperidine rings is 1. The summed E-state index contributed by atoms with van der Waals surface area (Å²) in [5, 5.41) is 5.54. The van der Waals surface area contributed by atoms with E-state index in [0.717, 1.165) is 41.5 Å². The molecule has 3 amide bonds. The van der Waals surface area contributed by atoms with Crippen LogP contribution in [0.1, 0.15) is 29.2 Å². The van der Waals surface area contributed by atoms with Crippen molar-refractivity contribution in [1.29, 1.82) is 0 Å². The van der Waals surface area contributed by atoms with Crippen LogP contribution in [0, 0.1) is 5.82 Å². The summed E-state index contributed by atoms with van der Waals surface area (Å²) in [6, 6.07) is 10.3. The fourth-order valence-electron chi connectivity index (χ4n) is 4.90. The number of anilines is 2. The molecule has 40 heavy (non-hydrogen) atoms. The second-order valence-electron chi connectivity index (χ2n) is 9.26. The number of nitrogen functional groups attached to an aromatic ring is 1. The van der Waals surface area contributed by atoms with Gasteiger partial charge in [0.05, 0.1) is 16.9 Å². The standard InChI is InChI=1S/C29H26FN7O3/c1-3-24(38)35-15-5-6-21(17-35)37-22-12-14-33-28(31)26(22)27(34-37)18-7-9-19(10-8-18)29(40)36(25(39)4-2)23-16-20(30)11-13-32-23/h3-4,7-14,16,21H,1-2,5-6,15,17H2,(H2,31,33)/t21-/m1/s1. The normalized spacial score (nSPS) is 15.0. The van der Waals surface area contributed by atoms with Gasteiger partial charge in [0.1, 0.15) is 23.1 Å². The van der Waals surface area contributed by atoms with Crippen molar-refractivity contribution in [3.8, 4) is 11.3 Å². The average molecular weight is 540 g/mol. The first-order valence-corrected chi connectivity index (χ1v) is 12.6. The van der Waals surface area contributed by atoms with Crippen LogP contribution in [-0.4, -0.2) is 55.5 Å². The molecule has 1 aromatic carbocycles. The molecule has 0 bridgehead atoms. The van der Waals surface area contributed by atoms with E-state index in [4.69, 9.17) is 10.8 Å². The Morgan fingerprint density at radius 1 is 1.05 bits per heavy atom. The number of nitrogens with zero attached hydrogens (tertiary/aromatic N) is 6. The average Bonchev–Trinajstić information content (AvgIpc) is 3.38. The molecule has 2 N–H and O–H groups in total. The minimum Gasteiger partial charge on any atom is -0.383 e. The number of fused-ring (bicyclic) bond motifs is 1. The zero-order chi connectivity index (χ0) is 28.4. The topological polar surface area (TPSA) is 127 Å². The molecular formula is C29H26FN7O3. The van der Waals surface area contributed by atoms with Crippen LogP contribution < -0.4 is 10.6 Å². The van der Waals surface area contributed by atoms with Gasteiger partial charge in [0.25, 0.3) is 11.8 Å². The number of likely N-dealkylation sites (tertiary alicyclic amines) is 1. The van der Waals surface area contributed by atoms with Gasteiger partial charge in [-0.15, -0.1) is 0 Å². The summed E-state index contributed by atoms with van der Waals surface area (Å²) in [6.07, 6.45) is 6.70. The quantitative estimate of drug-likeness (QED) is 0.368. The number of aromatic nitrogens is 4. The molecule has 1 atom stereocenters. The molecule has 202 valence electrons. The molecule has 0 radical (unpaired) electrons. The lowest BCUT2D eigenvalue weighted by Crippen LogP contribution is -2.40. The van der Waals surface area contributed by atoms with Crippen LogP contribution in [0.4, 0.5) is 16.0 Å². The number of benzene rings is 1. The molecule has 3 aromatic heterocycles. The monoisotopic (exact) mass is 539 g/mol. The fourth-order valence-corrected chi connectivity index (χ4v) is 4.90. The molecule has 5 rings (SSSR count). The number of amides is 3. The van der Waals surface area contributed by atoms with Crippen LogP contribution in [0.2, 0.25) is 0 Å². The van der Waals surface area contributed by atoms with Gasteiger partial charge in [-0.25, -0.2) is 19.3 Å². The van der Waals surface area contributed by atoms with Crippen LogP contribution in [0.3, 0.4) is 0 Å². The van der Waals surface area contributed by atoms with E-state index in [9.17, 15) is 18.8 Å². The molecular weight excluding hydrogens is 513 g/mol. The predicted molar refractivity (Wildman–Crippen MR) is 149 cm³/mol. The minimum atomic E-state index is -0.743. The molecule has 10 nitrogen and oxygen atoms in total. The minimum absolute atomic E-state index is 0.0752. The summed E-state index contributed by atoms with van der Waals surface area (Å²) in [6.45, 7) is 8.17. The van der Waals surface area contributed by atoms with Gasteiger partial charge in [0, 0.05) is 42.7 Å². The number of hydrogen-bond donors (Lipinski definition) is 1. The molecule has 0 spiro atoms. The fraction of sp³-hybridized carbons (Fsp3) is 0.172. The molecule has 1 fully saturated rings. The van der Waals surface area contributed by atoms with Gasteiger partial charge in [-0.2, -0.15) is 5.10 Å². The number of imide groups is 1. The van der Waals surface area contributed by atoms with Gasteiger partial charge < -0.3 is 10.6 Å². The van der Waals surface area contributed by atoms with Crippen molar-refractivity contribution in [1.82, 2.24) is 24.6 Å². The number of hydrogen-bond acceptors (Lipinski definition) is 7. The first-order chi connectivity index (χ1) is 19.3. The van der Waals surface area contributed by atoms with Gasteiger partial charge in [0.2, 0.25) is 5.91 Å². The maximum Gasteiger partial charge on any atom is 0.266 e. The Balaban J connectivity index is 1.51. The molecule has 1 saturated heterocycles. The lowest BCUT2D eigenvalue weighted by molar-refractivity contribution is -0.127. The van der Waals surface area contributed by atoms with Gasteiger partial charge in [0.15, 0.2) is 0 Å². The maximum absolute atomic E-state index is 13.8. The summed E-state index contributed by atoms with van der Waals surface area (Å²) in [7, 11) is 0. The van der Waals surface area contributed by atoms with Gasteiger partial charge in [-0.3, -0.25) is 19.1 Å². The van der Waals surface area contributed by atoms with E-state index in [1.807, 2.05) is 10.7 Å². The Hall–Kier alpha value is -5.19. The summed E-state index contributed by atoms with van der Waals surface area (Å²) in [5.74, 6) is -2.06. The SMILES string of the molecule is C=CC(=O)N1CCC[C@@H](n2nc(-c3ccc(C(=O)N(C(=O)C=C)c4cc(F)ccn4)cc3)c3c(N)nccc32)C1. The van der Waals surface area contributed by atoms with E-state index < -0.39 is 17.6 Å². The van der Waals surface area contributed by atoms with Crippen molar-refractivity contribution in [2.75, 3.05) is 23.7 Å². The third-order valence-electron chi connectivity index (χ3n) is 6.82. The van der Waals surface area contributed by atoms with Crippen molar-refractivity contribution in [3.05, 3.63) is 91.5 Å². The van der Waals surface area contributed by atoms with E-state index >= 15 is 0 Å². The zero-order valence-corrected chi connectivity index (χ0v) is 21.5. The van der Waals surface area contributed by atoms with E-state index in [2.05, 4.69) is 23.1 Å². The van der Waals surface area contributed by atoms with Gasteiger partial charge in [-0.05, 0) is 49.3 Å². The largest absolute Gasteiger partial charge is 0.383 e. The van der Waals surface area contributed by atoms with E-state index in [-0.39, 0.29) is 23.3 Å². The molecule has 0 unspecified atom stereocenters. The Morgan fingerprint density at radius 3 is 2.50 bits per heavy atom. The number of carbonyl (C=O) groups excluding carboxylic acids is 3. The highest BCUT2D eigenvalue weighted by Gasteiger charge is 2.28. The summed E-state index contributed by atoms with van der Waals surface area (Å²) in [5.41, 5.74) is 8.47. The smallest absolute Gasteiger partial charge is 0.266 e. The lowest BCUT2D eigenvalue weighted by atomic mass is 10.0. The van der Waals surface area contributed by atoms with Crippen molar-refractivity contribution < 1.29 is 18.8 Å². The van der Waals surface area contributed by atoms with Crippen molar-refractivity contribution in [2.24, 2.45) is 0 Å². The van der Waals surface area contributed by atoms with Crippen molar-refractivity contribution in [2.45, 2.75) is 18.9 Å². The predicted octanol–water partition coefficient (Wildman–Crippen LogP) is 3.92. The second kappa shape index (κ2) is 10.9. The van der Waals surface area contributed by atoms with E-state index in [0.29, 0.717) is 35.6 Å². The van der Waals surface area contributed by atoms with Crippen LogP contribution in [0.5, 0.6) is 0 Å². The Kier molecular flexibility index (Phi) is 7.19. The second-order valence-corrected chi connectivity index (χ2v) is 9.26. The Bertz CT molecular complexity index is 1650. The van der Waals surface area contributed by atoms with E-state index in [1.54, 1.807) is 35.4 Å². The van der Waals surface area contributed by atoms with Crippen molar-refractivity contribution in [3.63, 3.8) is 0 Å². The number of carbonyl (C=O) groups is 3. The molecule has 0 aliphatic carbocycles. The van der Waals surface area contributed by atoms with Crippen molar-refractivity contribution >= 4 is 40.3 Å². The highest BCUT2D eigenvalue weighted by molar-refractivity contribution is 6.23. The number of nitrogens with two attached hydrogens (primary N) is 1. The molecule has 1 aliphatic heterocycles. The first-order valence-electron chi connectivity index (χ1n) is 12.6. The number of rotatable bonds is 6. The molecule has 1 aliphatic rings. The Morgan fingerprint density at radius 2 is 1.80 bits per heavy atom. The molecule has 4 heterocycles. The molecule has 11 heteroatoms. The number of halogens is 1. The zero-order valence-electron chi connectivity index (χ0n) is 21.5. The van der Waals surface area contributed by atoms with Crippen LogP contribution in [-0.2, 0) is 9.59 Å². The third kappa shape index (κ3) is 4.84. The molecule has 4 aromatic rings. The lowest BCUT2D eigenvalue weighted by Gasteiger charge is -2.32. The van der Waals surface area contributed by atoms with Gasteiger partial charge in [-0.1, -0.05) is 25.3 Å². The third-order valence-corrected chi connectivity index (χ3v) is 6.82. The first kappa shape index (κ1) is 26.4. The number of pyridine rings is 2. The molecule has 0 saturated carbocycles. The highest BCUT2D eigenvalue weighted by Crippen LogP contribution is 2.35. The summed E-state index contributed by atoms with van der Waals surface area (Å²) < 4.78 is 15.7. The Labute approximate surface area is 229 Å². The summed E-state index contributed by atoms with van der Waals surface area (Å²) in [4.78, 5) is 48.8. The summed E-state index contributed by atoms with van der Waals surface area (Å²) >= 11 is 0. The van der Waals surface area contributed by atoms with Crippen LogP contribution >= 0.6 is 0 Å². The van der Waals surface area contributed by atoms with Crippen LogP contribution in [0.25, 0.3) is 22.2 Å². The van der Waals surface area contributed by atoms with Crippen LogP contribution in [0.15, 0.2) is 80.2 Å². The highest BCUT2D eigenvalue weighted by atomic mass is 19.1. The van der Waals surface area contributed by atoms with Gasteiger partial charge >= 0.3 is 0 Å². The maximum atomic E-state index is 13.8. The van der Waals surface area contributed by atoms with E-state index in [1.165, 1.54) is 12.3 Å².